The van der Waals surface area contributed by atoms with E-state index in [0.29, 0.717) is 12.1 Å². The van der Waals surface area contributed by atoms with Crippen molar-refractivity contribution in [1.82, 2.24) is 10.2 Å². The molecule has 3 aromatic rings. The summed E-state index contributed by atoms with van der Waals surface area (Å²) in [7, 11) is 0. The van der Waals surface area contributed by atoms with E-state index in [-0.39, 0.29) is 23.9 Å². The Morgan fingerprint density at radius 3 is 2.50 bits per heavy atom. The van der Waals surface area contributed by atoms with Crippen molar-refractivity contribution in [2.75, 3.05) is 0 Å². The Hall–Kier alpha value is -2.44. The quantitative estimate of drug-likeness (QED) is 0.586. The highest BCUT2D eigenvalue weighted by atomic mass is 32.1. The van der Waals surface area contributed by atoms with Crippen molar-refractivity contribution in [1.29, 1.82) is 0 Å². The molecule has 1 fully saturated rings. The molecule has 0 bridgehead atoms. The molecule has 2 atom stereocenters. The number of thiophene rings is 2. The lowest BCUT2D eigenvalue weighted by Crippen LogP contribution is -2.50. The number of benzene rings is 1. The number of hydrogen-bond donors (Lipinski definition) is 1. The summed E-state index contributed by atoms with van der Waals surface area (Å²) in [5.74, 6) is -0.346. The van der Waals surface area contributed by atoms with Crippen LogP contribution in [0.2, 0.25) is 0 Å². The average molecular weight is 437 g/mol. The maximum Gasteiger partial charge on any atom is 0.254 e. The van der Waals surface area contributed by atoms with Gasteiger partial charge in [0.1, 0.15) is 0 Å². The SMILES string of the molecule is O=C(NCc1cccs1)[C@@H]1c2ccccc2C(=O)N(C2CCCC2)[C@@H]1c1cccs1. The van der Waals surface area contributed by atoms with E-state index in [9.17, 15) is 9.59 Å². The molecule has 1 aliphatic heterocycles. The van der Waals surface area contributed by atoms with E-state index in [4.69, 9.17) is 0 Å². The summed E-state index contributed by atoms with van der Waals surface area (Å²) in [5, 5.41) is 7.21. The van der Waals surface area contributed by atoms with Gasteiger partial charge in [-0.2, -0.15) is 0 Å². The molecule has 2 aliphatic rings. The van der Waals surface area contributed by atoms with Gasteiger partial charge in [0.15, 0.2) is 0 Å². The summed E-state index contributed by atoms with van der Waals surface area (Å²) >= 11 is 3.27. The second-order valence-corrected chi connectivity index (χ2v) is 9.98. The molecule has 1 aromatic carbocycles. The molecule has 1 saturated carbocycles. The molecule has 1 aliphatic carbocycles. The third kappa shape index (κ3) is 3.48. The maximum atomic E-state index is 13.6. The van der Waals surface area contributed by atoms with Gasteiger partial charge in [0.05, 0.1) is 18.5 Å². The summed E-state index contributed by atoms with van der Waals surface area (Å²) in [6.07, 6.45) is 4.31. The average Bonchev–Trinajstić information content (AvgIpc) is 3.55. The molecular weight excluding hydrogens is 412 g/mol. The largest absolute Gasteiger partial charge is 0.351 e. The van der Waals surface area contributed by atoms with Crippen molar-refractivity contribution in [3.05, 3.63) is 80.2 Å². The van der Waals surface area contributed by atoms with Gasteiger partial charge in [-0.25, -0.2) is 0 Å². The van der Waals surface area contributed by atoms with Gasteiger partial charge in [-0.1, -0.05) is 43.2 Å². The summed E-state index contributed by atoms with van der Waals surface area (Å²) in [6, 6.07) is 15.7. The summed E-state index contributed by atoms with van der Waals surface area (Å²) in [5.41, 5.74) is 1.52. The second kappa shape index (κ2) is 8.36. The van der Waals surface area contributed by atoms with Crippen LogP contribution in [-0.4, -0.2) is 22.8 Å². The molecule has 2 amide bonds. The Kier molecular flexibility index (Phi) is 5.44. The van der Waals surface area contributed by atoms with Gasteiger partial charge in [0.2, 0.25) is 5.91 Å². The minimum Gasteiger partial charge on any atom is -0.351 e. The molecule has 4 nitrogen and oxygen atoms in total. The van der Waals surface area contributed by atoms with E-state index in [1.165, 1.54) is 0 Å². The Labute approximate surface area is 184 Å². The van der Waals surface area contributed by atoms with Crippen molar-refractivity contribution < 1.29 is 9.59 Å². The zero-order valence-corrected chi connectivity index (χ0v) is 18.3. The number of amides is 2. The first-order valence-corrected chi connectivity index (χ1v) is 12.2. The van der Waals surface area contributed by atoms with Gasteiger partial charge in [-0.3, -0.25) is 9.59 Å². The van der Waals surface area contributed by atoms with Gasteiger partial charge >= 0.3 is 0 Å². The Balaban J connectivity index is 1.57. The van der Waals surface area contributed by atoms with Crippen LogP contribution in [0.25, 0.3) is 0 Å². The molecule has 0 radical (unpaired) electrons. The summed E-state index contributed by atoms with van der Waals surface area (Å²) in [6.45, 7) is 0.518. The minimum atomic E-state index is -0.405. The van der Waals surface area contributed by atoms with E-state index < -0.39 is 5.92 Å². The molecule has 0 spiro atoms. The smallest absolute Gasteiger partial charge is 0.254 e. The number of rotatable bonds is 5. The molecule has 2 aromatic heterocycles. The summed E-state index contributed by atoms with van der Waals surface area (Å²) in [4.78, 5) is 31.5. The lowest BCUT2D eigenvalue weighted by atomic mass is 9.80. The van der Waals surface area contributed by atoms with Crippen LogP contribution in [-0.2, 0) is 11.3 Å². The van der Waals surface area contributed by atoms with E-state index >= 15 is 0 Å². The highest BCUT2D eigenvalue weighted by Crippen LogP contribution is 2.47. The van der Waals surface area contributed by atoms with Crippen molar-refractivity contribution in [3.8, 4) is 0 Å². The zero-order chi connectivity index (χ0) is 20.5. The van der Waals surface area contributed by atoms with Crippen LogP contribution in [0.1, 0.15) is 63.3 Å². The third-order valence-corrected chi connectivity index (χ3v) is 8.05. The van der Waals surface area contributed by atoms with E-state index in [0.717, 1.165) is 41.0 Å². The fourth-order valence-corrected chi connectivity index (χ4v) is 6.38. The van der Waals surface area contributed by atoms with Crippen LogP contribution >= 0.6 is 22.7 Å². The van der Waals surface area contributed by atoms with Crippen LogP contribution in [0.5, 0.6) is 0 Å². The zero-order valence-electron chi connectivity index (χ0n) is 16.6. The minimum absolute atomic E-state index is 0.00949. The number of carbonyl (C=O) groups excluding carboxylic acids is 2. The first-order valence-electron chi connectivity index (χ1n) is 10.5. The Morgan fingerprint density at radius 2 is 1.77 bits per heavy atom. The molecule has 30 heavy (non-hydrogen) atoms. The van der Waals surface area contributed by atoms with Crippen LogP contribution < -0.4 is 5.32 Å². The molecule has 6 heteroatoms. The lowest BCUT2D eigenvalue weighted by Gasteiger charge is -2.44. The molecule has 3 heterocycles. The van der Waals surface area contributed by atoms with Crippen LogP contribution in [0.15, 0.2) is 59.3 Å². The molecule has 0 unspecified atom stereocenters. The lowest BCUT2D eigenvalue weighted by molar-refractivity contribution is -0.124. The first kappa shape index (κ1) is 19.5. The first-order chi connectivity index (χ1) is 14.7. The number of hydrogen-bond acceptors (Lipinski definition) is 4. The highest BCUT2D eigenvalue weighted by Gasteiger charge is 2.47. The highest BCUT2D eigenvalue weighted by molar-refractivity contribution is 7.10. The number of nitrogens with zero attached hydrogens (tertiary/aromatic N) is 1. The summed E-state index contributed by atoms with van der Waals surface area (Å²) < 4.78 is 0. The Bertz CT molecular complexity index is 1020. The topological polar surface area (TPSA) is 49.4 Å². The van der Waals surface area contributed by atoms with Crippen molar-refractivity contribution in [3.63, 3.8) is 0 Å². The fraction of sp³-hybridized carbons (Fsp3) is 0.333. The normalized spacial score (nSPS) is 21.6. The van der Waals surface area contributed by atoms with Crippen molar-refractivity contribution in [2.24, 2.45) is 0 Å². The number of carbonyl (C=O) groups is 2. The standard InChI is InChI=1S/C24H24N2O2S2/c27-23(25-15-17-9-5-13-29-17)21-18-10-3-4-11-19(18)24(28)26(16-7-1-2-8-16)22(21)20-12-6-14-30-20/h3-6,9-14,16,21-22H,1-2,7-8,15H2,(H,25,27)/t21-,22-/m1/s1. The van der Waals surface area contributed by atoms with Gasteiger partial charge < -0.3 is 10.2 Å². The van der Waals surface area contributed by atoms with Gasteiger partial charge in [0.25, 0.3) is 5.91 Å². The molecule has 1 N–H and O–H groups in total. The van der Waals surface area contributed by atoms with Crippen LogP contribution in [0, 0.1) is 0 Å². The van der Waals surface area contributed by atoms with Crippen LogP contribution in [0.4, 0.5) is 0 Å². The molecule has 0 saturated heterocycles. The van der Waals surface area contributed by atoms with Crippen molar-refractivity contribution >= 4 is 34.5 Å². The predicted octanol–water partition coefficient (Wildman–Crippen LogP) is 5.35. The van der Waals surface area contributed by atoms with Crippen LogP contribution in [0.3, 0.4) is 0 Å². The number of nitrogens with one attached hydrogen (secondary N) is 1. The van der Waals surface area contributed by atoms with E-state index in [1.807, 2.05) is 58.1 Å². The molecule has 154 valence electrons. The molecule has 5 rings (SSSR count). The maximum absolute atomic E-state index is 13.6. The monoisotopic (exact) mass is 436 g/mol. The van der Waals surface area contributed by atoms with Gasteiger partial charge in [-0.15, -0.1) is 22.7 Å². The Morgan fingerprint density at radius 1 is 1.00 bits per heavy atom. The van der Waals surface area contributed by atoms with E-state index in [2.05, 4.69) is 11.4 Å². The second-order valence-electron chi connectivity index (χ2n) is 7.97. The number of fused-ring (bicyclic) bond motifs is 1. The predicted molar refractivity (Wildman–Crippen MR) is 121 cm³/mol. The fourth-order valence-electron chi connectivity index (χ4n) is 4.88. The van der Waals surface area contributed by atoms with E-state index in [1.54, 1.807) is 22.7 Å². The van der Waals surface area contributed by atoms with Gasteiger partial charge in [0, 0.05) is 21.4 Å². The third-order valence-electron chi connectivity index (χ3n) is 6.23. The molecular formula is C24H24N2O2S2. The van der Waals surface area contributed by atoms with Crippen molar-refractivity contribution in [2.45, 2.75) is 50.2 Å². The van der Waals surface area contributed by atoms with Gasteiger partial charge in [-0.05, 0) is 47.4 Å².